The molecule has 0 spiro atoms. The Morgan fingerprint density at radius 1 is 1.31 bits per heavy atom. The molecule has 1 aromatic carbocycles. The molecule has 0 saturated carbocycles. The second-order valence-electron chi connectivity index (χ2n) is 6.94. The van der Waals surface area contributed by atoms with Gasteiger partial charge in [0.1, 0.15) is 5.75 Å². The van der Waals surface area contributed by atoms with Gasteiger partial charge in [0.2, 0.25) is 0 Å². The maximum atomic E-state index is 5.72. The third-order valence-electron chi connectivity index (χ3n) is 4.60. The number of nitrogens with one attached hydrogen (secondary N) is 1. The summed E-state index contributed by atoms with van der Waals surface area (Å²) in [4.78, 5) is 7.02. The lowest BCUT2D eigenvalue weighted by molar-refractivity contribution is 0.181. The number of rotatable bonds is 10. The van der Waals surface area contributed by atoms with Crippen LogP contribution in [0.3, 0.4) is 0 Å². The molecular weight excluding hydrogens is 326 g/mol. The molecular formula is C21H35N3O2. The molecule has 146 valence electrons. The van der Waals surface area contributed by atoms with Crippen LogP contribution in [0.5, 0.6) is 5.75 Å². The summed E-state index contributed by atoms with van der Waals surface area (Å²) < 4.78 is 11.2. The van der Waals surface area contributed by atoms with Gasteiger partial charge in [-0.25, -0.2) is 0 Å². The summed E-state index contributed by atoms with van der Waals surface area (Å²) in [6, 6.07) is 8.41. The van der Waals surface area contributed by atoms with Gasteiger partial charge in [-0.1, -0.05) is 25.5 Å². The van der Waals surface area contributed by atoms with Gasteiger partial charge >= 0.3 is 0 Å². The summed E-state index contributed by atoms with van der Waals surface area (Å²) in [7, 11) is 2.11. The number of ether oxygens (including phenoxy) is 2. The van der Waals surface area contributed by atoms with Crippen molar-refractivity contribution in [3.05, 3.63) is 29.8 Å². The van der Waals surface area contributed by atoms with E-state index in [9.17, 15) is 0 Å². The molecule has 1 aromatic rings. The van der Waals surface area contributed by atoms with Crippen LogP contribution in [0, 0.1) is 5.92 Å². The summed E-state index contributed by atoms with van der Waals surface area (Å²) in [5.41, 5.74) is 1.29. The molecule has 2 rings (SSSR count). The van der Waals surface area contributed by atoms with Gasteiger partial charge in [-0.15, -0.1) is 0 Å². The van der Waals surface area contributed by atoms with Crippen molar-refractivity contribution in [2.45, 2.75) is 39.5 Å². The van der Waals surface area contributed by atoms with Gasteiger partial charge in [0, 0.05) is 39.2 Å². The molecule has 0 bridgehead atoms. The van der Waals surface area contributed by atoms with E-state index in [2.05, 4.69) is 55.4 Å². The Balaban J connectivity index is 1.80. The van der Waals surface area contributed by atoms with Crippen molar-refractivity contribution in [3.8, 4) is 5.75 Å². The van der Waals surface area contributed by atoms with Gasteiger partial charge in [-0.05, 0) is 43.9 Å². The quantitative estimate of drug-likeness (QED) is 0.394. The van der Waals surface area contributed by atoms with Gasteiger partial charge in [0.05, 0.1) is 13.2 Å². The molecule has 1 N–H and O–H groups in total. The fraction of sp³-hybridized carbons (Fsp3) is 0.667. The lowest BCUT2D eigenvalue weighted by Crippen LogP contribution is -2.41. The van der Waals surface area contributed by atoms with Crippen LogP contribution in [0.2, 0.25) is 0 Å². The predicted molar refractivity (Wildman–Crippen MR) is 108 cm³/mol. The molecule has 1 aliphatic heterocycles. The van der Waals surface area contributed by atoms with Crippen LogP contribution in [-0.4, -0.2) is 57.4 Å². The molecule has 5 heteroatoms. The van der Waals surface area contributed by atoms with Crippen molar-refractivity contribution in [1.29, 1.82) is 0 Å². The van der Waals surface area contributed by atoms with E-state index in [1.54, 1.807) is 0 Å². The van der Waals surface area contributed by atoms with Crippen molar-refractivity contribution >= 4 is 5.96 Å². The second kappa shape index (κ2) is 11.8. The van der Waals surface area contributed by atoms with E-state index < -0.39 is 0 Å². The Bertz CT molecular complexity index is 525. The minimum atomic E-state index is 0.615. The molecule has 1 aliphatic rings. The number of nitrogens with zero attached hydrogens (tertiary/aromatic N) is 2. The van der Waals surface area contributed by atoms with Crippen LogP contribution in [0.1, 0.15) is 38.7 Å². The lowest BCUT2D eigenvalue weighted by atomic mass is 10.1. The van der Waals surface area contributed by atoms with Crippen LogP contribution in [-0.2, 0) is 11.2 Å². The fourth-order valence-corrected chi connectivity index (χ4v) is 3.05. The Kier molecular flexibility index (Phi) is 9.32. The van der Waals surface area contributed by atoms with Crippen LogP contribution >= 0.6 is 0 Å². The van der Waals surface area contributed by atoms with E-state index >= 15 is 0 Å². The number of hydrogen-bond donors (Lipinski definition) is 1. The average molecular weight is 362 g/mol. The summed E-state index contributed by atoms with van der Waals surface area (Å²) in [6.07, 6.45) is 4.34. The first-order valence-corrected chi connectivity index (χ1v) is 10.0. The van der Waals surface area contributed by atoms with Crippen molar-refractivity contribution in [1.82, 2.24) is 10.2 Å². The number of benzene rings is 1. The third-order valence-corrected chi connectivity index (χ3v) is 4.60. The zero-order valence-electron chi connectivity index (χ0n) is 16.7. The highest BCUT2D eigenvalue weighted by molar-refractivity contribution is 5.79. The SMILES string of the molecule is CCCCOc1ccc(CCN=C(NCC)N(C)CC2CCOC2)cc1. The summed E-state index contributed by atoms with van der Waals surface area (Å²) in [5, 5.41) is 3.40. The molecule has 0 radical (unpaired) electrons. The molecule has 1 atom stereocenters. The molecule has 26 heavy (non-hydrogen) atoms. The number of hydrogen-bond acceptors (Lipinski definition) is 3. The normalized spacial score (nSPS) is 17.3. The van der Waals surface area contributed by atoms with E-state index in [0.29, 0.717) is 5.92 Å². The molecule has 1 unspecified atom stereocenters. The lowest BCUT2D eigenvalue weighted by Gasteiger charge is -2.24. The van der Waals surface area contributed by atoms with E-state index in [1.165, 1.54) is 5.56 Å². The second-order valence-corrected chi connectivity index (χ2v) is 6.94. The predicted octanol–water partition coefficient (Wildman–Crippen LogP) is 3.34. The van der Waals surface area contributed by atoms with Crippen LogP contribution in [0.15, 0.2) is 29.3 Å². The molecule has 1 fully saturated rings. The first-order chi connectivity index (χ1) is 12.7. The van der Waals surface area contributed by atoms with Crippen LogP contribution in [0.4, 0.5) is 0 Å². The van der Waals surface area contributed by atoms with E-state index in [0.717, 1.165) is 76.8 Å². The van der Waals surface area contributed by atoms with Crippen LogP contribution in [0.25, 0.3) is 0 Å². The average Bonchev–Trinajstić information content (AvgIpc) is 3.15. The Morgan fingerprint density at radius 2 is 2.12 bits per heavy atom. The Hall–Kier alpha value is -1.75. The molecule has 1 heterocycles. The van der Waals surface area contributed by atoms with E-state index in [4.69, 9.17) is 14.5 Å². The van der Waals surface area contributed by atoms with Crippen molar-refractivity contribution < 1.29 is 9.47 Å². The number of unbranched alkanes of at least 4 members (excludes halogenated alkanes) is 1. The zero-order chi connectivity index (χ0) is 18.6. The van der Waals surface area contributed by atoms with Crippen LogP contribution < -0.4 is 10.1 Å². The van der Waals surface area contributed by atoms with Gasteiger partial charge in [-0.3, -0.25) is 4.99 Å². The highest BCUT2D eigenvalue weighted by Gasteiger charge is 2.18. The third kappa shape index (κ3) is 7.24. The molecule has 0 amide bonds. The van der Waals surface area contributed by atoms with Crippen molar-refractivity contribution in [3.63, 3.8) is 0 Å². The fourth-order valence-electron chi connectivity index (χ4n) is 3.05. The van der Waals surface area contributed by atoms with Gasteiger partial charge in [0.15, 0.2) is 5.96 Å². The topological polar surface area (TPSA) is 46.1 Å². The van der Waals surface area contributed by atoms with E-state index in [1.807, 2.05) is 0 Å². The van der Waals surface area contributed by atoms with Gasteiger partial charge < -0.3 is 19.7 Å². The van der Waals surface area contributed by atoms with Gasteiger partial charge in [0.25, 0.3) is 0 Å². The first kappa shape index (κ1) is 20.6. The molecule has 0 aromatic heterocycles. The minimum absolute atomic E-state index is 0.615. The summed E-state index contributed by atoms with van der Waals surface area (Å²) in [6.45, 7) is 9.51. The largest absolute Gasteiger partial charge is 0.494 e. The molecule has 5 nitrogen and oxygen atoms in total. The van der Waals surface area contributed by atoms with Crippen molar-refractivity contribution in [2.24, 2.45) is 10.9 Å². The standard InChI is InChI=1S/C21H35N3O2/c1-4-6-14-26-20-9-7-18(8-10-20)11-13-23-21(22-5-2)24(3)16-19-12-15-25-17-19/h7-10,19H,4-6,11-17H2,1-3H3,(H,22,23). The Morgan fingerprint density at radius 3 is 2.77 bits per heavy atom. The first-order valence-electron chi connectivity index (χ1n) is 10.0. The van der Waals surface area contributed by atoms with Crippen molar-refractivity contribution in [2.75, 3.05) is 46.5 Å². The van der Waals surface area contributed by atoms with E-state index in [-0.39, 0.29) is 0 Å². The number of guanidine groups is 1. The smallest absolute Gasteiger partial charge is 0.193 e. The Labute approximate surface area is 158 Å². The monoisotopic (exact) mass is 361 g/mol. The summed E-state index contributed by atoms with van der Waals surface area (Å²) in [5.74, 6) is 2.56. The zero-order valence-corrected chi connectivity index (χ0v) is 16.7. The maximum Gasteiger partial charge on any atom is 0.193 e. The van der Waals surface area contributed by atoms with Gasteiger partial charge in [-0.2, -0.15) is 0 Å². The molecule has 0 aliphatic carbocycles. The minimum Gasteiger partial charge on any atom is -0.494 e. The highest BCUT2D eigenvalue weighted by atomic mass is 16.5. The highest BCUT2D eigenvalue weighted by Crippen LogP contribution is 2.14. The number of aliphatic imine (C=N–C) groups is 1. The summed E-state index contributed by atoms with van der Waals surface area (Å²) >= 11 is 0. The maximum absolute atomic E-state index is 5.72. The molecule has 1 saturated heterocycles.